The number of aromatic nitrogens is 1. The van der Waals surface area contributed by atoms with Gasteiger partial charge in [0.25, 0.3) is 0 Å². The van der Waals surface area contributed by atoms with Gasteiger partial charge in [0, 0.05) is 12.7 Å². The maximum absolute atomic E-state index is 11.0. The van der Waals surface area contributed by atoms with Crippen molar-refractivity contribution in [3.05, 3.63) is 53.2 Å². The number of nitrogen functional groups attached to an aromatic ring is 1. The van der Waals surface area contributed by atoms with Crippen LogP contribution >= 0.6 is 0 Å². The second-order valence-electron chi connectivity index (χ2n) is 5.18. The fourth-order valence-corrected chi connectivity index (χ4v) is 2.01. The summed E-state index contributed by atoms with van der Waals surface area (Å²) in [6, 6.07) is 9.65. The number of hydrogen-bond acceptors (Lipinski definition) is 4. The number of carboxylic acid groups (broad SMARTS) is 1. The van der Waals surface area contributed by atoms with Crippen LogP contribution < -0.4 is 11.1 Å². The van der Waals surface area contributed by atoms with E-state index in [9.17, 15) is 4.79 Å². The Morgan fingerprint density at radius 2 is 1.95 bits per heavy atom. The maximum atomic E-state index is 11.0. The van der Waals surface area contributed by atoms with Crippen LogP contribution in [0.3, 0.4) is 0 Å². The second-order valence-corrected chi connectivity index (χ2v) is 5.18. The Hall–Kier alpha value is -2.56. The lowest BCUT2D eigenvalue weighted by Crippen LogP contribution is -2.09. The number of carbonyl (C=O) groups is 1. The molecule has 0 fully saturated rings. The number of rotatable bonds is 5. The van der Waals surface area contributed by atoms with Gasteiger partial charge in [0.1, 0.15) is 5.82 Å². The molecule has 0 aliphatic carbocycles. The smallest absolute Gasteiger partial charge is 0.337 e. The van der Waals surface area contributed by atoms with Crippen LogP contribution in [-0.4, -0.2) is 16.1 Å². The third-order valence-corrected chi connectivity index (χ3v) is 3.33. The average molecular weight is 285 g/mol. The van der Waals surface area contributed by atoms with Crippen LogP contribution in [0.15, 0.2) is 36.5 Å². The van der Waals surface area contributed by atoms with E-state index in [-0.39, 0.29) is 11.3 Å². The Kier molecular flexibility index (Phi) is 4.42. The van der Waals surface area contributed by atoms with Crippen molar-refractivity contribution in [3.63, 3.8) is 0 Å². The first-order valence-corrected chi connectivity index (χ1v) is 6.79. The maximum Gasteiger partial charge on any atom is 0.337 e. The van der Waals surface area contributed by atoms with Crippen molar-refractivity contribution in [3.8, 4) is 0 Å². The van der Waals surface area contributed by atoms with Gasteiger partial charge in [0.15, 0.2) is 0 Å². The van der Waals surface area contributed by atoms with E-state index >= 15 is 0 Å². The Morgan fingerprint density at radius 1 is 1.29 bits per heavy atom. The van der Waals surface area contributed by atoms with Gasteiger partial charge >= 0.3 is 5.97 Å². The van der Waals surface area contributed by atoms with Crippen LogP contribution in [0.4, 0.5) is 11.5 Å². The summed E-state index contributed by atoms with van der Waals surface area (Å²) in [5.41, 5.74) is 8.39. The minimum absolute atomic E-state index is 0.0580. The largest absolute Gasteiger partial charge is 0.478 e. The molecular formula is C16H19N3O2. The number of nitrogens with one attached hydrogen (secondary N) is 1. The second kappa shape index (κ2) is 6.26. The Bertz CT molecular complexity index is 636. The number of nitrogens with zero attached hydrogens (tertiary/aromatic N) is 1. The monoisotopic (exact) mass is 285 g/mol. The van der Waals surface area contributed by atoms with E-state index in [0.29, 0.717) is 18.3 Å². The number of nitrogens with two attached hydrogens (primary N) is 1. The molecule has 0 saturated carbocycles. The van der Waals surface area contributed by atoms with E-state index in [0.717, 1.165) is 5.56 Å². The third-order valence-electron chi connectivity index (χ3n) is 3.33. The topological polar surface area (TPSA) is 88.2 Å². The van der Waals surface area contributed by atoms with Crippen LogP contribution in [0.25, 0.3) is 0 Å². The Morgan fingerprint density at radius 3 is 2.52 bits per heavy atom. The molecule has 0 spiro atoms. The molecule has 0 unspecified atom stereocenters. The van der Waals surface area contributed by atoms with Crippen molar-refractivity contribution in [2.45, 2.75) is 26.3 Å². The lowest BCUT2D eigenvalue weighted by Gasteiger charge is -2.11. The van der Waals surface area contributed by atoms with Gasteiger partial charge in [-0.1, -0.05) is 38.1 Å². The summed E-state index contributed by atoms with van der Waals surface area (Å²) in [6.07, 6.45) is 1.43. The van der Waals surface area contributed by atoms with Crippen molar-refractivity contribution in [2.75, 3.05) is 11.1 Å². The number of hydrogen-bond donors (Lipinski definition) is 3. The molecule has 0 aliphatic rings. The Labute approximate surface area is 123 Å². The lowest BCUT2D eigenvalue weighted by molar-refractivity contribution is 0.0698. The first kappa shape index (κ1) is 14.8. The molecule has 0 bridgehead atoms. The zero-order valence-corrected chi connectivity index (χ0v) is 12.1. The average Bonchev–Trinajstić information content (AvgIpc) is 2.46. The highest BCUT2D eigenvalue weighted by molar-refractivity contribution is 5.96. The van der Waals surface area contributed by atoms with E-state index in [1.807, 2.05) is 12.1 Å². The predicted octanol–water partition coefficient (Wildman–Crippen LogP) is 3.10. The molecule has 1 aromatic heterocycles. The number of benzene rings is 1. The van der Waals surface area contributed by atoms with Gasteiger partial charge in [-0.05, 0) is 23.1 Å². The summed E-state index contributed by atoms with van der Waals surface area (Å²) >= 11 is 0. The summed E-state index contributed by atoms with van der Waals surface area (Å²) < 4.78 is 0. The van der Waals surface area contributed by atoms with Gasteiger partial charge < -0.3 is 16.2 Å². The molecule has 4 N–H and O–H groups in total. The number of pyridine rings is 1. The highest BCUT2D eigenvalue weighted by Crippen LogP contribution is 2.21. The SMILES string of the molecule is CC(C)c1ccc(CNc2nccc(C(=O)O)c2N)cc1. The third kappa shape index (κ3) is 3.51. The van der Waals surface area contributed by atoms with E-state index in [2.05, 4.69) is 36.3 Å². The fourth-order valence-electron chi connectivity index (χ4n) is 2.01. The van der Waals surface area contributed by atoms with Gasteiger partial charge in [-0.3, -0.25) is 0 Å². The van der Waals surface area contributed by atoms with Gasteiger partial charge in [-0.25, -0.2) is 9.78 Å². The fraction of sp³-hybridized carbons (Fsp3) is 0.250. The molecule has 0 aliphatic heterocycles. The minimum Gasteiger partial charge on any atom is -0.478 e. The first-order chi connectivity index (χ1) is 9.99. The number of carboxylic acids is 1. The van der Waals surface area contributed by atoms with Crippen LogP contribution in [-0.2, 0) is 6.54 Å². The molecule has 2 aromatic rings. The van der Waals surface area contributed by atoms with Gasteiger partial charge in [0.2, 0.25) is 0 Å². The molecule has 0 saturated heterocycles. The van der Waals surface area contributed by atoms with Crippen molar-refractivity contribution in [1.82, 2.24) is 4.98 Å². The van der Waals surface area contributed by atoms with Gasteiger partial charge in [-0.2, -0.15) is 0 Å². The minimum atomic E-state index is -1.06. The molecule has 5 nitrogen and oxygen atoms in total. The van der Waals surface area contributed by atoms with Crippen molar-refractivity contribution < 1.29 is 9.90 Å². The molecule has 110 valence electrons. The summed E-state index contributed by atoms with van der Waals surface area (Å²) in [5.74, 6) is -0.168. The van der Waals surface area contributed by atoms with Gasteiger partial charge in [-0.15, -0.1) is 0 Å². The standard InChI is InChI=1S/C16H19N3O2/c1-10(2)12-5-3-11(4-6-12)9-19-15-14(17)13(16(20)21)7-8-18-15/h3-8,10H,9,17H2,1-2H3,(H,18,19)(H,20,21). The van der Waals surface area contributed by atoms with Crippen LogP contribution in [0.2, 0.25) is 0 Å². The van der Waals surface area contributed by atoms with E-state index in [1.165, 1.54) is 17.8 Å². The molecular weight excluding hydrogens is 266 g/mol. The normalized spacial score (nSPS) is 10.6. The quantitative estimate of drug-likeness (QED) is 0.785. The van der Waals surface area contributed by atoms with Crippen molar-refractivity contribution in [2.24, 2.45) is 0 Å². The summed E-state index contributed by atoms with van der Waals surface area (Å²) in [5, 5.41) is 12.1. The summed E-state index contributed by atoms with van der Waals surface area (Å²) in [4.78, 5) is 15.1. The van der Waals surface area contributed by atoms with Crippen molar-refractivity contribution in [1.29, 1.82) is 0 Å². The molecule has 1 aromatic carbocycles. The highest BCUT2D eigenvalue weighted by Gasteiger charge is 2.11. The van der Waals surface area contributed by atoms with E-state index in [1.54, 1.807) is 0 Å². The van der Waals surface area contributed by atoms with Crippen LogP contribution in [0.5, 0.6) is 0 Å². The molecule has 0 radical (unpaired) electrons. The summed E-state index contributed by atoms with van der Waals surface area (Å²) in [6.45, 7) is 4.84. The van der Waals surface area contributed by atoms with E-state index in [4.69, 9.17) is 10.8 Å². The molecule has 2 rings (SSSR count). The zero-order valence-electron chi connectivity index (χ0n) is 12.1. The molecule has 5 heteroatoms. The molecule has 0 amide bonds. The van der Waals surface area contributed by atoms with E-state index < -0.39 is 5.97 Å². The molecule has 21 heavy (non-hydrogen) atoms. The number of aromatic carboxylic acids is 1. The predicted molar refractivity (Wildman–Crippen MR) is 83.5 cm³/mol. The first-order valence-electron chi connectivity index (χ1n) is 6.79. The van der Waals surface area contributed by atoms with Crippen molar-refractivity contribution >= 4 is 17.5 Å². The highest BCUT2D eigenvalue weighted by atomic mass is 16.4. The van der Waals surface area contributed by atoms with Crippen LogP contribution in [0, 0.1) is 0 Å². The number of anilines is 2. The lowest BCUT2D eigenvalue weighted by atomic mass is 10.0. The molecule has 0 atom stereocenters. The molecule has 1 heterocycles. The van der Waals surface area contributed by atoms with Gasteiger partial charge in [0.05, 0.1) is 11.3 Å². The summed E-state index contributed by atoms with van der Waals surface area (Å²) in [7, 11) is 0. The zero-order chi connectivity index (χ0) is 15.4. The Balaban J connectivity index is 2.09. The van der Waals surface area contributed by atoms with Crippen LogP contribution in [0.1, 0.15) is 41.3 Å².